The molecule has 1 aromatic heterocycles. The molecule has 0 bridgehead atoms. The Hall–Kier alpha value is -1.81. The Balaban J connectivity index is 1.91. The molecule has 4 heteroatoms. The first-order chi connectivity index (χ1) is 9.66. The fraction of sp³-hybridized carbons (Fsp3) is 0.250. The van der Waals surface area contributed by atoms with Gasteiger partial charge in [-0.2, -0.15) is 0 Å². The summed E-state index contributed by atoms with van der Waals surface area (Å²) in [5, 5.41) is 2.86. The van der Waals surface area contributed by atoms with Gasteiger partial charge in [0.2, 0.25) is 5.91 Å². The molecule has 0 aliphatic rings. The van der Waals surface area contributed by atoms with E-state index >= 15 is 0 Å². The van der Waals surface area contributed by atoms with E-state index in [4.69, 9.17) is 0 Å². The lowest BCUT2D eigenvalue weighted by Crippen LogP contribution is -2.33. The van der Waals surface area contributed by atoms with Crippen LogP contribution < -0.4 is 5.32 Å². The quantitative estimate of drug-likeness (QED) is 0.856. The van der Waals surface area contributed by atoms with E-state index in [0.717, 1.165) is 10.6 Å². The number of rotatable bonds is 5. The number of nitrogens with one attached hydrogen (secondary N) is 1. The maximum Gasteiger partial charge on any atom is 0.233 e. The minimum absolute atomic E-state index is 0.0250. The number of amides is 1. The summed E-state index contributed by atoms with van der Waals surface area (Å²) in [5.41, 5.74) is 0.873. The summed E-state index contributed by atoms with van der Waals surface area (Å²) in [4.78, 5) is 17.5. The third kappa shape index (κ3) is 4.10. The number of hydrogen-bond donors (Lipinski definition) is 1. The number of carbonyl (C=O) groups excluding carboxylic acids is 1. The third-order valence-corrected chi connectivity index (χ3v) is 4.03. The average molecular weight is 286 g/mol. The maximum absolute atomic E-state index is 12.2. The van der Waals surface area contributed by atoms with E-state index in [1.54, 1.807) is 18.0 Å². The molecule has 2 rings (SSSR count). The van der Waals surface area contributed by atoms with Crippen molar-refractivity contribution in [2.45, 2.75) is 30.0 Å². The lowest BCUT2D eigenvalue weighted by molar-refractivity contribution is -0.120. The molecule has 0 saturated heterocycles. The van der Waals surface area contributed by atoms with Crippen molar-refractivity contribution < 1.29 is 4.79 Å². The molecule has 3 nitrogen and oxygen atoms in total. The lowest BCUT2D eigenvalue weighted by atomic mass is 10.2. The molecule has 0 fully saturated rings. The van der Waals surface area contributed by atoms with Crippen LogP contribution in [0.25, 0.3) is 0 Å². The smallest absolute Gasteiger partial charge is 0.233 e. The Bertz CT molecular complexity index is 545. The van der Waals surface area contributed by atoms with Gasteiger partial charge < -0.3 is 5.32 Å². The SMILES string of the molecule is CC(Sc1ccccc1)C(=O)NC(C)c1ccccn1. The molecular formula is C16H18N2OS. The fourth-order valence-electron chi connectivity index (χ4n) is 1.79. The highest BCUT2D eigenvalue weighted by molar-refractivity contribution is 8.00. The zero-order valence-electron chi connectivity index (χ0n) is 11.6. The van der Waals surface area contributed by atoms with Crippen molar-refractivity contribution in [3.63, 3.8) is 0 Å². The number of benzene rings is 1. The Morgan fingerprint density at radius 3 is 2.45 bits per heavy atom. The van der Waals surface area contributed by atoms with Crippen LogP contribution in [0.2, 0.25) is 0 Å². The standard InChI is InChI=1S/C16H18N2OS/c1-12(15-10-6-7-11-17-15)18-16(19)13(2)20-14-8-4-3-5-9-14/h3-13H,1-2H3,(H,18,19). The molecule has 104 valence electrons. The average Bonchev–Trinajstić information content (AvgIpc) is 2.49. The highest BCUT2D eigenvalue weighted by atomic mass is 32.2. The van der Waals surface area contributed by atoms with Crippen molar-refractivity contribution in [3.05, 3.63) is 60.4 Å². The van der Waals surface area contributed by atoms with Gasteiger partial charge in [0, 0.05) is 11.1 Å². The molecule has 2 atom stereocenters. The zero-order chi connectivity index (χ0) is 14.4. The van der Waals surface area contributed by atoms with E-state index in [0.29, 0.717) is 0 Å². The Morgan fingerprint density at radius 2 is 1.80 bits per heavy atom. The second kappa shape index (κ2) is 7.10. The first-order valence-corrected chi connectivity index (χ1v) is 7.48. The molecule has 0 aliphatic heterocycles. The molecule has 2 unspecified atom stereocenters. The molecule has 20 heavy (non-hydrogen) atoms. The first-order valence-electron chi connectivity index (χ1n) is 6.60. The Morgan fingerprint density at radius 1 is 1.10 bits per heavy atom. The van der Waals surface area contributed by atoms with Crippen molar-refractivity contribution >= 4 is 17.7 Å². The van der Waals surface area contributed by atoms with E-state index in [1.165, 1.54) is 0 Å². The van der Waals surface area contributed by atoms with Gasteiger partial charge in [0.05, 0.1) is 17.0 Å². The molecule has 0 aliphatic carbocycles. The zero-order valence-corrected chi connectivity index (χ0v) is 12.4. The molecule has 1 N–H and O–H groups in total. The van der Waals surface area contributed by atoms with Crippen molar-refractivity contribution in [3.8, 4) is 0 Å². The molecule has 1 aromatic carbocycles. The molecule has 0 radical (unpaired) electrons. The second-order valence-electron chi connectivity index (χ2n) is 4.56. The highest BCUT2D eigenvalue weighted by Gasteiger charge is 2.17. The van der Waals surface area contributed by atoms with E-state index in [1.807, 2.05) is 62.4 Å². The van der Waals surface area contributed by atoms with Crippen LogP contribution in [-0.4, -0.2) is 16.1 Å². The summed E-state index contributed by atoms with van der Waals surface area (Å²) in [5.74, 6) is 0.0250. The summed E-state index contributed by atoms with van der Waals surface area (Å²) in [6, 6.07) is 15.6. The van der Waals surface area contributed by atoms with E-state index in [-0.39, 0.29) is 17.2 Å². The number of carbonyl (C=O) groups is 1. The predicted octanol–water partition coefficient (Wildman–Crippen LogP) is 3.44. The number of aromatic nitrogens is 1. The van der Waals surface area contributed by atoms with Crippen molar-refractivity contribution in [1.29, 1.82) is 0 Å². The molecule has 0 spiro atoms. The van der Waals surface area contributed by atoms with Crippen LogP contribution in [0.15, 0.2) is 59.6 Å². The van der Waals surface area contributed by atoms with E-state index < -0.39 is 0 Å². The van der Waals surface area contributed by atoms with Crippen LogP contribution in [0.4, 0.5) is 0 Å². The predicted molar refractivity (Wildman–Crippen MR) is 82.6 cm³/mol. The van der Waals surface area contributed by atoms with Crippen LogP contribution in [-0.2, 0) is 4.79 Å². The van der Waals surface area contributed by atoms with Gasteiger partial charge in [0.25, 0.3) is 0 Å². The summed E-state index contributed by atoms with van der Waals surface area (Å²) >= 11 is 1.56. The Labute approximate surface area is 123 Å². The van der Waals surface area contributed by atoms with Gasteiger partial charge in [-0.15, -0.1) is 11.8 Å². The number of pyridine rings is 1. The lowest BCUT2D eigenvalue weighted by Gasteiger charge is -2.17. The maximum atomic E-state index is 12.2. The minimum atomic E-state index is -0.136. The largest absolute Gasteiger partial charge is 0.347 e. The monoisotopic (exact) mass is 286 g/mol. The van der Waals surface area contributed by atoms with Gasteiger partial charge in [0.1, 0.15) is 0 Å². The molecule has 0 saturated carbocycles. The van der Waals surface area contributed by atoms with Gasteiger partial charge in [-0.1, -0.05) is 24.3 Å². The molecule has 1 heterocycles. The second-order valence-corrected chi connectivity index (χ2v) is 5.97. The number of nitrogens with zero attached hydrogens (tertiary/aromatic N) is 1. The third-order valence-electron chi connectivity index (χ3n) is 2.92. The van der Waals surface area contributed by atoms with Gasteiger partial charge in [0.15, 0.2) is 0 Å². The number of hydrogen-bond acceptors (Lipinski definition) is 3. The highest BCUT2D eigenvalue weighted by Crippen LogP contribution is 2.23. The summed E-state index contributed by atoms with van der Waals surface area (Å²) < 4.78 is 0. The fourth-order valence-corrected chi connectivity index (χ4v) is 2.69. The molecule has 1 amide bonds. The van der Waals surface area contributed by atoms with E-state index in [9.17, 15) is 4.79 Å². The summed E-state index contributed by atoms with van der Waals surface area (Å²) in [6.07, 6.45) is 1.74. The van der Waals surface area contributed by atoms with Crippen LogP contribution in [0.5, 0.6) is 0 Å². The van der Waals surface area contributed by atoms with Gasteiger partial charge in [-0.05, 0) is 38.1 Å². The van der Waals surface area contributed by atoms with Crippen LogP contribution in [0, 0.1) is 0 Å². The van der Waals surface area contributed by atoms with Gasteiger partial charge in [-0.25, -0.2) is 0 Å². The minimum Gasteiger partial charge on any atom is -0.347 e. The summed E-state index contributed by atoms with van der Waals surface area (Å²) in [6.45, 7) is 3.86. The normalized spacial score (nSPS) is 13.5. The van der Waals surface area contributed by atoms with E-state index in [2.05, 4.69) is 10.3 Å². The van der Waals surface area contributed by atoms with Gasteiger partial charge in [-0.3, -0.25) is 9.78 Å². The topological polar surface area (TPSA) is 42.0 Å². The summed E-state index contributed by atoms with van der Waals surface area (Å²) in [7, 11) is 0. The van der Waals surface area contributed by atoms with Crippen LogP contribution in [0.1, 0.15) is 25.6 Å². The van der Waals surface area contributed by atoms with Crippen molar-refractivity contribution in [2.24, 2.45) is 0 Å². The van der Waals surface area contributed by atoms with Crippen LogP contribution in [0.3, 0.4) is 0 Å². The van der Waals surface area contributed by atoms with Gasteiger partial charge >= 0.3 is 0 Å². The Kier molecular flexibility index (Phi) is 5.18. The van der Waals surface area contributed by atoms with Crippen molar-refractivity contribution in [1.82, 2.24) is 10.3 Å². The number of thioether (sulfide) groups is 1. The van der Waals surface area contributed by atoms with Crippen LogP contribution >= 0.6 is 11.8 Å². The molecular weight excluding hydrogens is 268 g/mol. The van der Waals surface area contributed by atoms with Crippen molar-refractivity contribution in [2.75, 3.05) is 0 Å². The first kappa shape index (κ1) is 14.6. The molecule has 2 aromatic rings.